The molecule has 0 spiro atoms. The number of β-amino-alcohol motifs (C(OH)–C–C–N with tert-alkyl or cyclic N) is 2. The van der Waals surface area contributed by atoms with E-state index in [4.69, 9.17) is 55.9 Å². The summed E-state index contributed by atoms with van der Waals surface area (Å²) in [7, 11) is 0. The molecule has 2 heterocycles. The van der Waals surface area contributed by atoms with Gasteiger partial charge in [0.1, 0.15) is 36.9 Å². The van der Waals surface area contributed by atoms with E-state index >= 15 is 0 Å². The van der Waals surface area contributed by atoms with Crippen LogP contribution in [-0.2, 0) is 0 Å². The van der Waals surface area contributed by atoms with E-state index in [1.54, 1.807) is 0 Å². The molecular formula is C32H38Cl4N4O4. The fourth-order valence-electron chi connectivity index (χ4n) is 5.46. The van der Waals surface area contributed by atoms with E-state index in [1.807, 2.05) is 60.7 Å². The number of hydrogen-bond acceptors (Lipinski definition) is 8. The van der Waals surface area contributed by atoms with Gasteiger partial charge in [0.05, 0.1) is 20.1 Å². The molecule has 2 atom stereocenters. The lowest BCUT2D eigenvalue weighted by Gasteiger charge is -2.37. The van der Waals surface area contributed by atoms with Crippen LogP contribution in [0.25, 0.3) is 0 Å². The van der Waals surface area contributed by atoms with Gasteiger partial charge in [-0.3, -0.25) is 9.80 Å². The summed E-state index contributed by atoms with van der Waals surface area (Å²) in [5, 5.41) is 23.3. The molecule has 2 N–H and O–H groups in total. The van der Waals surface area contributed by atoms with E-state index in [2.05, 4.69) is 19.6 Å². The molecule has 2 saturated heterocycles. The first-order valence-corrected chi connectivity index (χ1v) is 16.3. The summed E-state index contributed by atoms with van der Waals surface area (Å²) in [5.41, 5.74) is 2.11. The molecule has 44 heavy (non-hydrogen) atoms. The topological polar surface area (TPSA) is 71.9 Å². The van der Waals surface area contributed by atoms with Gasteiger partial charge in [-0.05, 0) is 60.7 Å². The van der Waals surface area contributed by atoms with E-state index in [1.165, 1.54) is 0 Å². The van der Waals surface area contributed by atoms with Crippen LogP contribution in [0.3, 0.4) is 0 Å². The quantitative estimate of drug-likeness (QED) is 0.262. The Hall–Kier alpha value is -2.14. The lowest BCUT2D eigenvalue weighted by Crippen LogP contribution is -2.49. The molecule has 0 aliphatic carbocycles. The van der Waals surface area contributed by atoms with Crippen molar-refractivity contribution >= 4 is 57.8 Å². The van der Waals surface area contributed by atoms with Gasteiger partial charge in [-0.15, -0.1) is 0 Å². The molecule has 2 fully saturated rings. The maximum atomic E-state index is 10.6. The van der Waals surface area contributed by atoms with Crippen molar-refractivity contribution in [3.63, 3.8) is 0 Å². The third kappa shape index (κ3) is 9.44. The Bertz CT molecular complexity index is 1250. The van der Waals surface area contributed by atoms with Crippen LogP contribution in [0.2, 0.25) is 20.1 Å². The normalized spacial score (nSPS) is 17.9. The monoisotopic (exact) mass is 682 g/mol. The van der Waals surface area contributed by atoms with Crippen molar-refractivity contribution in [3.8, 4) is 11.5 Å². The third-order valence-electron chi connectivity index (χ3n) is 7.93. The number of aliphatic hydroxyl groups is 2. The largest absolute Gasteiger partial charge is 0.491 e. The SMILES string of the molecule is O[C@H](COc1ccc(OC[C@@H](O)CN2CCN(c3ccc(Cl)c(Cl)c3)CC2)cc1)CN1CCN(c2ccc(Cl)c(Cl)c2)CC1. The summed E-state index contributed by atoms with van der Waals surface area (Å²) >= 11 is 24.4. The molecular weight excluding hydrogens is 646 g/mol. The van der Waals surface area contributed by atoms with Crippen molar-refractivity contribution in [3.05, 3.63) is 80.8 Å². The van der Waals surface area contributed by atoms with Crippen LogP contribution in [0, 0.1) is 0 Å². The predicted molar refractivity (Wildman–Crippen MR) is 180 cm³/mol. The van der Waals surface area contributed by atoms with Crippen molar-refractivity contribution < 1.29 is 19.7 Å². The number of benzene rings is 3. The van der Waals surface area contributed by atoms with Crippen molar-refractivity contribution in [1.29, 1.82) is 0 Å². The Kier molecular flexibility index (Phi) is 12.0. The summed E-state index contributed by atoms with van der Waals surface area (Å²) in [5.74, 6) is 1.31. The Balaban J connectivity index is 0.958. The smallest absolute Gasteiger partial charge is 0.119 e. The molecule has 238 valence electrons. The lowest BCUT2D eigenvalue weighted by atomic mass is 10.2. The zero-order valence-corrected chi connectivity index (χ0v) is 27.4. The zero-order valence-electron chi connectivity index (χ0n) is 24.4. The summed E-state index contributed by atoms with van der Waals surface area (Å²) < 4.78 is 11.6. The summed E-state index contributed by atoms with van der Waals surface area (Å²) in [6, 6.07) is 18.6. The second-order valence-electron chi connectivity index (χ2n) is 11.2. The van der Waals surface area contributed by atoms with Gasteiger partial charge in [-0.1, -0.05) is 46.4 Å². The maximum absolute atomic E-state index is 10.6. The number of nitrogens with zero attached hydrogens (tertiary/aromatic N) is 4. The summed E-state index contributed by atoms with van der Waals surface area (Å²) in [4.78, 5) is 9.01. The van der Waals surface area contributed by atoms with E-state index < -0.39 is 12.2 Å². The number of ether oxygens (including phenoxy) is 2. The molecule has 0 radical (unpaired) electrons. The van der Waals surface area contributed by atoms with Gasteiger partial charge in [0.25, 0.3) is 0 Å². The molecule has 3 aromatic carbocycles. The molecule has 0 amide bonds. The van der Waals surface area contributed by atoms with Gasteiger partial charge in [0, 0.05) is 76.8 Å². The first-order chi connectivity index (χ1) is 21.2. The summed E-state index contributed by atoms with van der Waals surface area (Å²) in [6.07, 6.45) is -1.22. The molecule has 0 unspecified atom stereocenters. The summed E-state index contributed by atoms with van der Waals surface area (Å²) in [6.45, 7) is 8.21. The van der Waals surface area contributed by atoms with Crippen LogP contribution in [0.5, 0.6) is 11.5 Å². The minimum absolute atomic E-state index is 0.199. The van der Waals surface area contributed by atoms with Gasteiger partial charge in [-0.2, -0.15) is 0 Å². The van der Waals surface area contributed by atoms with Gasteiger partial charge in [0.2, 0.25) is 0 Å². The molecule has 3 aromatic rings. The standard InChI is InChI=1S/C32H38Cl4N4O4/c33-29-7-1-23(17-31(29)35)39-13-9-37(10-14-39)19-25(41)21-43-27-3-5-28(6-4-27)44-22-26(42)20-38-11-15-40(16-12-38)24-2-8-30(34)32(36)18-24/h1-8,17-18,25-26,41-42H,9-16,19-22H2/t25-,26-/m0/s1. The zero-order chi connectivity index (χ0) is 31.1. The Morgan fingerprint density at radius 3 is 1.23 bits per heavy atom. The molecule has 2 aliphatic rings. The first-order valence-electron chi connectivity index (χ1n) is 14.8. The van der Waals surface area contributed by atoms with Crippen molar-refractivity contribution in [1.82, 2.24) is 9.80 Å². The average molecular weight is 684 g/mol. The number of aliphatic hydroxyl groups excluding tert-OH is 2. The Morgan fingerprint density at radius 2 is 0.886 bits per heavy atom. The number of halogens is 4. The minimum atomic E-state index is -0.608. The van der Waals surface area contributed by atoms with Gasteiger partial charge in [0.15, 0.2) is 0 Å². The second kappa shape index (κ2) is 15.9. The van der Waals surface area contributed by atoms with Crippen LogP contribution in [0.4, 0.5) is 11.4 Å². The number of hydrogen-bond donors (Lipinski definition) is 2. The van der Waals surface area contributed by atoms with Crippen molar-refractivity contribution in [2.45, 2.75) is 12.2 Å². The maximum Gasteiger partial charge on any atom is 0.119 e. The Morgan fingerprint density at radius 1 is 0.523 bits per heavy atom. The number of piperazine rings is 2. The van der Waals surface area contributed by atoms with Crippen LogP contribution in [0.15, 0.2) is 60.7 Å². The molecule has 0 bridgehead atoms. The predicted octanol–water partition coefficient (Wildman–Crippen LogP) is 5.42. The van der Waals surface area contributed by atoms with Gasteiger partial charge >= 0.3 is 0 Å². The third-order valence-corrected chi connectivity index (χ3v) is 9.41. The molecule has 5 rings (SSSR count). The highest BCUT2D eigenvalue weighted by Crippen LogP contribution is 2.29. The van der Waals surface area contributed by atoms with Gasteiger partial charge in [-0.25, -0.2) is 0 Å². The molecule has 0 aromatic heterocycles. The van der Waals surface area contributed by atoms with Crippen molar-refractivity contribution in [2.75, 3.05) is 88.5 Å². The number of rotatable bonds is 12. The lowest BCUT2D eigenvalue weighted by molar-refractivity contribution is 0.0650. The highest BCUT2D eigenvalue weighted by molar-refractivity contribution is 6.42. The van der Waals surface area contributed by atoms with E-state index in [0.717, 1.165) is 63.7 Å². The second-order valence-corrected chi connectivity index (χ2v) is 12.8. The highest BCUT2D eigenvalue weighted by atomic mass is 35.5. The Labute approximate surface area is 279 Å². The van der Waals surface area contributed by atoms with E-state index in [9.17, 15) is 10.2 Å². The molecule has 2 aliphatic heterocycles. The van der Waals surface area contributed by atoms with Crippen LogP contribution in [-0.4, -0.2) is 111 Å². The fraction of sp³-hybridized carbons (Fsp3) is 0.438. The van der Waals surface area contributed by atoms with Crippen LogP contribution in [0.1, 0.15) is 0 Å². The highest BCUT2D eigenvalue weighted by Gasteiger charge is 2.22. The van der Waals surface area contributed by atoms with Gasteiger partial charge < -0.3 is 29.5 Å². The van der Waals surface area contributed by atoms with E-state index in [-0.39, 0.29) is 13.2 Å². The molecule has 8 nitrogen and oxygen atoms in total. The van der Waals surface area contributed by atoms with Crippen LogP contribution >= 0.6 is 46.4 Å². The molecule has 0 saturated carbocycles. The van der Waals surface area contributed by atoms with Crippen LogP contribution < -0.4 is 19.3 Å². The minimum Gasteiger partial charge on any atom is -0.491 e. The molecule has 12 heteroatoms. The number of anilines is 2. The average Bonchev–Trinajstić information content (AvgIpc) is 3.03. The fourth-order valence-corrected chi connectivity index (χ4v) is 6.04. The van der Waals surface area contributed by atoms with E-state index in [0.29, 0.717) is 44.7 Å². The first kappa shape index (κ1) is 33.2. The van der Waals surface area contributed by atoms with Crippen molar-refractivity contribution in [2.24, 2.45) is 0 Å².